The zero-order valence-electron chi connectivity index (χ0n) is 12.9. The highest BCUT2D eigenvalue weighted by Crippen LogP contribution is 2.25. The number of nitriles is 1. The number of carbonyl (C=O) groups excluding carboxylic acids is 1. The topological polar surface area (TPSA) is 91.3 Å². The van der Waals surface area contributed by atoms with E-state index in [2.05, 4.69) is 16.4 Å². The number of aliphatic imine (C=N–C) groups is 1. The van der Waals surface area contributed by atoms with Gasteiger partial charge in [0.2, 0.25) is 5.91 Å². The average Bonchev–Trinajstić information content (AvgIpc) is 2.60. The predicted molar refractivity (Wildman–Crippen MR) is 90.7 cm³/mol. The molecular weight excluding hydrogens is 288 g/mol. The van der Waals surface area contributed by atoms with Crippen molar-refractivity contribution in [3.05, 3.63) is 59.7 Å². The third-order valence-corrected chi connectivity index (χ3v) is 3.56. The molecule has 0 saturated heterocycles. The normalized spacial score (nSPS) is 12.0. The quantitative estimate of drug-likeness (QED) is 0.655. The maximum atomic E-state index is 11.7. The van der Waals surface area contributed by atoms with Gasteiger partial charge in [-0.15, -0.1) is 0 Å². The second kappa shape index (κ2) is 7.87. The third-order valence-electron chi connectivity index (χ3n) is 3.56. The molecule has 2 rings (SSSR count). The van der Waals surface area contributed by atoms with Crippen LogP contribution in [0.2, 0.25) is 0 Å². The molecule has 1 unspecified atom stereocenters. The van der Waals surface area contributed by atoms with Crippen LogP contribution < -0.4 is 11.1 Å². The lowest BCUT2D eigenvalue weighted by atomic mass is 9.97. The summed E-state index contributed by atoms with van der Waals surface area (Å²) >= 11 is 0. The summed E-state index contributed by atoms with van der Waals surface area (Å²) in [6.45, 7) is 0. The first-order valence-electron chi connectivity index (χ1n) is 7.22. The van der Waals surface area contributed by atoms with Gasteiger partial charge < -0.3 is 11.1 Å². The van der Waals surface area contributed by atoms with Gasteiger partial charge in [-0.1, -0.05) is 30.3 Å². The number of amides is 1. The molecule has 2 aromatic rings. The van der Waals surface area contributed by atoms with Crippen LogP contribution in [0.15, 0.2) is 53.5 Å². The van der Waals surface area contributed by atoms with Gasteiger partial charge >= 0.3 is 0 Å². The molecule has 0 aliphatic heterocycles. The highest BCUT2D eigenvalue weighted by molar-refractivity contribution is 5.84. The Balaban J connectivity index is 2.31. The summed E-state index contributed by atoms with van der Waals surface area (Å²) in [5, 5.41) is 12.1. The van der Waals surface area contributed by atoms with E-state index in [1.54, 1.807) is 13.1 Å². The molecule has 116 valence electrons. The molecule has 0 saturated carbocycles. The molecule has 0 aliphatic rings. The third kappa shape index (κ3) is 4.25. The highest BCUT2D eigenvalue weighted by atomic mass is 16.1. The fourth-order valence-corrected chi connectivity index (χ4v) is 2.40. The van der Waals surface area contributed by atoms with Gasteiger partial charge in [-0.2, -0.15) is 5.26 Å². The zero-order chi connectivity index (χ0) is 16.7. The minimum absolute atomic E-state index is 0.148. The van der Waals surface area contributed by atoms with E-state index in [1.807, 2.05) is 42.5 Å². The van der Waals surface area contributed by atoms with Crippen molar-refractivity contribution < 1.29 is 4.79 Å². The molecule has 0 fully saturated rings. The van der Waals surface area contributed by atoms with Crippen molar-refractivity contribution in [2.45, 2.75) is 12.5 Å². The Hall–Kier alpha value is -2.97. The first-order chi connectivity index (χ1) is 11.2. The number of hydrogen-bond acceptors (Lipinski definition) is 3. The predicted octanol–water partition coefficient (Wildman–Crippen LogP) is 2.39. The largest absolute Gasteiger partial charge is 0.390 e. The molecule has 1 amide bonds. The van der Waals surface area contributed by atoms with E-state index in [9.17, 15) is 4.79 Å². The summed E-state index contributed by atoms with van der Waals surface area (Å²) in [5.74, 6) is -0.274. The second-order valence-corrected chi connectivity index (χ2v) is 5.04. The summed E-state index contributed by atoms with van der Waals surface area (Å²) in [5.41, 5.74) is 8.71. The molecule has 0 radical (unpaired) electrons. The second-order valence-electron chi connectivity index (χ2n) is 5.04. The van der Waals surface area contributed by atoms with Crippen molar-refractivity contribution >= 4 is 12.2 Å². The average molecular weight is 306 g/mol. The fourth-order valence-electron chi connectivity index (χ4n) is 2.40. The molecule has 23 heavy (non-hydrogen) atoms. The number of nitrogens with one attached hydrogen (secondary N) is 1. The molecule has 2 aromatic carbocycles. The molecule has 0 aliphatic carbocycles. The molecule has 1 atom stereocenters. The number of carbonyl (C=O) groups is 1. The van der Waals surface area contributed by atoms with Crippen molar-refractivity contribution in [1.82, 2.24) is 5.32 Å². The fraction of sp³-hybridized carbons (Fsp3) is 0.167. The van der Waals surface area contributed by atoms with Crippen LogP contribution in [0.4, 0.5) is 0 Å². The Kier molecular flexibility index (Phi) is 5.61. The Morgan fingerprint density at radius 1 is 1.30 bits per heavy atom. The van der Waals surface area contributed by atoms with E-state index in [0.717, 1.165) is 23.0 Å². The lowest BCUT2D eigenvalue weighted by Gasteiger charge is -2.16. The van der Waals surface area contributed by atoms with Crippen LogP contribution in [-0.2, 0) is 4.79 Å². The van der Waals surface area contributed by atoms with Crippen LogP contribution in [0.3, 0.4) is 0 Å². The van der Waals surface area contributed by atoms with Gasteiger partial charge in [-0.05, 0) is 41.9 Å². The van der Waals surface area contributed by atoms with Crippen molar-refractivity contribution in [1.29, 1.82) is 5.26 Å². The summed E-state index contributed by atoms with van der Waals surface area (Å²) in [7, 11) is 1.80. The van der Waals surface area contributed by atoms with Gasteiger partial charge in [-0.25, -0.2) is 4.99 Å². The summed E-state index contributed by atoms with van der Waals surface area (Å²) in [4.78, 5) is 15.2. The number of nitrogens with two attached hydrogens (primary N) is 1. The first-order valence-corrected chi connectivity index (χ1v) is 7.22. The standard InChI is InChI=1S/C18H18N4O/c1-21-17(10-18(23)22-12-20)16-7-3-6-15(9-16)14-5-2-4-13(8-14)11-19/h2-9,12,17,21H,10H2,1H3,(H2,20,22,23). The van der Waals surface area contributed by atoms with Crippen LogP contribution >= 0.6 is 0 Å². The Morgan fingerprint density at radius 2 is 2.00 bits per heavy atom. The Bertz CT molecular complexity index is 762. The van der Waals surface area contributed by atoms with Crippen LogP contribution in [0.1, 0.15) is 23.6 Å². The van der Waals surface area contributed by atoms with Crippen LogP contribution in [0.5, 0.6) is 0 Å². The molecule has 3 N–H and O–H groups in total. The lowest BCUT2D eigenvalue weighted by Crippen LogP contribution is -2.19. The van der Waals surface area contributed by atoms with Crippen LogP contribution in [0, 0.1) is 11.3 Å². The van der Waals surface area contributed by atoms with Crippen molar-refractivity contribution in [3.63, 3.8) is 0 Å². The van der Waals surface area contributed by atoms with Gasteiger partial charge in [0.05, 0.1) is 18.0 Å². The van der Waals surface area contributed by atoms with Gasteiger partial charge in [0, 0.05) is 12.5 Å². The number of rotatable bonds is 5. The summed E-state index contributed by atoms with van der Waals surface area (Å²) in [6.07, 6.45) is 1.24. The van der Waals surface area contributed by atoms with Gasteiger partial charge in [0.15, 0.2) is 0 Å². The minimum atomic E-state index is -0.274. The van der Waals surface area contributed by atoms with Gasteiger partial charge in [0.1, 0.15) is 0 Å². The molecule has 0 bridgehead atoms. The van der Waals surface area contributed by atoms with E-state index in [4.69, 9.17) is 11.0 Å². The molecule has 0 aromatic heterocycles. The summed E-state index contributed by atoms with van der Waals surface area (Å²) < 4.78 is 0. The van der Waals surface area contributed by atoms with Crippen molar-refractivity contribution in [3.8, 4) is 17.2 Å². The van der Waals surface area contributed by atoms with E-state index in [0.29, 0.717) is 5.56 Å². The minimum Gasteiger partial charge on any atom is -0.390 e. The van der Waals surface area contributed by atoms with Crippen LogP contribution in [0.25, 0.3) is 11.1 Å². The highest BCUT2D eigenvalue weighted by Gasteiger charge is 2.14. The Labute approximate surface area is 135 Å². The molecule has 5 nitrogen and oxygen atoms in total. The smallest absolute Gasteiger partial charge is 0.248 e. The number of hydrogen-bond donors (Lipinski definition) is 2. The zero-order valence-corrected chi connectivity index (χ0v) is 12.9. The molecule has 0 spiro atoms. The molecule has 5 heteroatoms. The van der Waals surface area contributed by atoms with E-state index < -0.39 is 0 Å². The van der Waals surface area contributed by atoms with E-state index >= 15 is 0 Å². The van der Waals surface area contributed by atoms with E-state index in [-0.39, 0.29) is 18.4 Å². The summed E-state index contributed by atoms with van der Waals surface area (Å²) in [6, 6.07) is 17.3. The molecule has 0 heterocycles. The number of nitrogens with zero attached hydrogens (tertiary/aromatic N) is 2. The van der Waals surface area contributed by atoms with Gasteiger partial charge in [-0.3, -0.25) is 4.79 Å². The Morgan fingerprint density at radius 3 is 2.65 bits per heavy atom. The molecular formula is C18H18N4O. The number of benzene rings is 2. The first kappa shape index (κ1) is 16.4. The lowest BCUT2D eigenvalue weighted by molar-refractivity contribution is -0.118. The van der Waals surface area contributed by atoms with Crippen molar-refractivity contribution in [2.75, 3.05) is 7.05 Å². The monoisotopic (exact) mass is 306 g/mol. The maximum absolute atomic E-state index is 11.7. The van der Waals surface area contributed by atoms with Crippen molar-refractivity contribution in [2.24, 2.45) is 10.7 Å². The van der Waals surface area contributed by atoms with E-state index in [1.165, 1.54) is 0 Å². The maximum Gasteiger partial charge on any atom is 0.248 e. The SMILES string of the molecule is CNC(CC(=O)N=CN)c1cccc(-c2cccc(C#N)c2)c1. The van der Waals surface area contributed by atoms with Crippen LogP contribution in [-0.4, -0.2) is 19.3 Å². The van der Waals surface area contributed by atoms with Gasteiger partial charge in [0.25, 0.3) is 0 Å².